The summed E-state index contributed by atoms with van der Waals surface area (Å²) in [4.78, 5) is 0. The van der Waals surface area contributed by atoms with Gasteiger partial charge in [0.15, 0.2) is 0 Å². The predicted octanol–water partition coefficient (Wildman–Crippen LogP) is 3.18. The van der Waals surface area contributed by atoms with E-state index in [2.05, 4.69) is 37.0 Å². The van der Waals surface area contributed by atoms with E-state index in [-0.39, 0.29) is 0 Å². The molecule has 1 aliphatic carbocycles. The van der Waals surface area contributed by atoms with Gasteiger partial charge in [0, 0.05) is 6.04 Å². The van der Waals surface area contributed by atoms with Gasteiger partial charge in [0.1, 0.15) is 8.24 Å². The van der Waals surface area contributed by atoms with E-state index in [0.717, 1.165) is 6.04 Å². The first-order chi connectivity index (χ1) is 6.08. The van der Waals surface area contributed by atoms with Crippen molar-refractivity contribution in [2.45, 2.75) is 51.2 Å². The standard InChI is InChI=1S/C11H23NSi/c1-5-13(3,4)12(2)11-9-7-6-8-10-11/h5,11H,1,6-10H2,2-4H3. The molecular weight excluding hydrogens is 174 g/mol. The summed E-state index contributed by atoms with van der Waals surface area (Å²) in [5.74, 6) is 0. The summed E-state index contributed by atoms with van der Waals surface area (Å²) in [6.45, 7) is 8.74. The molecular formula is C11H23NSi. The fourth-order valence-electron chi connectivity index (χ4n) is 2.08. The summed E-state index contributed by atoms with van der Waals surface area (Å²) in [6, 6.07) is 0.841. The molecule has 2 heteroatoms. The summed E-state index contributed by atoms with van der Waals surface area (Å²) in [5.41, 5.74) is 2.20. The Balaban J connectivity index is 2.54. The molecule has 0 amide bonds. The quantitative estimate of drug-likeness (QED) is 0.628. The molecule has 13 heavy (non-hydrogen) atoms. The third-order valence-electron chi connectivity index (χ3n) is 3.53. The zero-order valence-corrected chi connectivity index (χ0v) is 10.3. The summed E-state index contributed by atoms with van der Waals surface area (Å²) in [5, 5.41) is 0. The zero-order chi connectivity index (χ0) is 9.90. The molecule has 0 aliphatic heterocycles. The second-order valence-electron chi connectivity index (χ2n) is 4.76. The Morgan fingerprint density at radius 1 is 1.23 bits per heavy atom. The molecule has 1 saturated carbocycles. The van der Waals surface area contributed by atoms with Gasteiger partial charge in [0.05, 0.1) is 0 Å². The smallest absolute Gasteiger partial charge is 0.146 e. The Kier molecular flexibility index (Phi) is 3.74. The van der Waals surface area contributed by atoms with Crippen LogP contribution in [0.25, 0.3) is 0 Å². The third kappa shape index (κ3) is 2.68. The number of hydrogen-bond donors (Lipinski definition) is 0. The first kappa shape index (κ1) is 11.0. The molecule has 0 atom stereocenters. The van der Waals surface area contributed by atoms with E-state index < -0.39 is 8.24 Å². The summed E-state index contributed by atoms with van der Waals surface area (Å²) < 4.78 is 2.62. The lowest BCUT2D eigenvalue weighted by Crippen LogP contribution is -2.50. The number of rotatable bonds is 3. The summed E-state index contributed by atoms with van der Waals surface area (Å²) in [7, 11) is 1.02. The highest BCUT2D eigenvalue weighted by Gasteiger charge is 2.29. The van der Waals surface area contributed by atoms with Gasteiger partial charge in [-0.1, -0.05) is 38.1 Å². The predicted molar refractivity (Wildman–Crippen MR) is 62.3 cm³/mol. The molecule has 0 bridgehead atoms. The van der Waals surface area contributed by atoms with Gasteiger partial charge in [0.25, 0.3) is 0 Å². The first-order valence-corrected chi connectivity index (χ1v) is 8.47. The van der Waals surface area contributed by atoms with Crippen LogP contribution in [0.3, 0.4) is 0 Å². The molecule has 0 unspecified atom stereocenters. The SMILES string of the molecule is C=C[Si](C)(C)N(C)C1CCCCC1. The fraction of sp³-hybridized carbons (Fsp3) is 0.818. The van der Waals surface area contributed by atoms with E-state index in [1.165, 1.54) is 32.1 Å². The van der Waals surface area contributed by atoms with Gasteiger partial charge < -0.3 is 4.57 Å². The van der Waals surface area contributed by atoms with Crippen LogP contribution < -0.4 is 0 Å². The van der Waals surface area contributed by atoms with Crippen LogP contribution in [0.1, 0.15) is 32.1 Å². The average molecular weight is 197 g/mol. The molecule has 1 rings (SSSR count). The average Bonchev–Trinajstić information content (AvgIpc) is 2.18. The van der Waals surface area contributed by atoms with Crippen molar-refractivity contribution in [1.29, 1.82) is 0 Å². The molecule has 0 aromatic heterocycles. The molecule has 0 heterocycles. The Morgan fingerprint density at radius 2 is 1.77 bits per heavy atom. The van der Waals surface area contributed by atoms with Crippen LogP contribution in [0.5, 0.6) is 0 Å². The molecule has 0 aromatic carbocycles. The topological polar surface area (TPSA) is 3.24 Å². The van der Waals surface area contributed by atoms with Crippen molar-refractivity contribution in [3.8, 4) is 0 Å². The van der Waals surface area contributed by atoms with Crippen molar-refractivity contribution >= 4 is 8.24 Å². The monoisotopic (exact) mass is 197 g/mol. The van der Waals surface area contributed by atoms with Crippen LogP contribution in [0.4, 0.5) is 0 Å². The van der Waals surface area contributed by atoms with Crippen molar-refractivity contribution in [3.05, 3.63) is 12.3 Å². The maximum Gasteiger partial charge on any atom is 0.146 e. The van der Waals surface area contributed by atoms with Gasteiger partial charge in [-0.25, -0.2) is 0 Å². The van der Waals surface area contributed by atoms with Gasteiger partial charge in [-0.05, 0) is 19.9 Å². The summed E-state index contributed by atoms with van der Waals surface area (Å²) in [6.07, 6.45) is 7.11. The van der Waals surface area contributed by atoms with Gasteiger partial charge in [0.2, 0.25) is 0 Å². The third-order valence-corrected chi connectivity index (χ3v) is 6.71. The second kappa shape index (κ2) is 4.42. The van der Waals surface area contributed by atoms with E-state index in [4.69, 9.17) is 0 Å². The minimum absolute atomic E-state index is 0.841. The van der Waals surface area contributed by atoms with Crippen molar-refractivity contribution in [2.75, 3.05) is 7.05 Å². The Hall–Kier alpha value is -0.0831. The van der Waals surface area contributed by atoms with Gasteiger partial charge in [-0.3, -0.25) is 0 Å². The summed E-state index contributed by atoms with van der Waals surface area (Å²) >= 11 is 0. The first-order valence-electron chi connectivity index (χ1n) is 5.44. The molecule has 0 N–H and O–H groups in total. The molecule has 1 nitrogen and oxygen atoms in total. The molecule has 0 spiro atoms. The molecule has 0 radical (unpaired) electrons. The minimum Gasteiger partial charge on any atom is -0.321 e. The van der Waals surface area contributed by atoms with Crippen LogP contribution >= 0.6 is 0 Å². The highest BCUT2D eigenvalue weighted by atomic mass is 28.3. The highest BCUT2D eigenvalue weighted by Crippen LogP contribution is 2.25. The van der Waals surface area contributed by atoms with Crippen molar-refractivity contribution in [3.63, 3.8) is 0 Å². The minimum atomic E-state index is -1.27. The second-order valence-corrected chi connectivity index (χ2v) is 9.18. The van der Waals surface area contributed by atoms with Gasteiger partial charge in [-0.15, -0.1) is 6.58 Å². The van der Waals surface area contributed by atoms with Gasteiger partial charge >= 0.3 is 0 Å². The van der Waals surface area contributed by atoms with E-state index in [9.17, 15) is 0 Å². The van der Waals surface area contributed by atoms with Crippen molar-refractivity contribution in [1.82, 2.24) is 4.57 Å². The molecule has 1 fully saturated rings. The van der Waals surface area contributed by atoms with Crippen LogP contribution in [-0.4, -0.2) is 25.9 Å². The maximum atomic E-state index is 3.97. The largest absolute Gasteiger partial charge is 0.321 e. The van der Waals surface area contributed by atoms with Crippen molar-refractivity contribution < 1.29 is 0 Å². The molecule has 1 aliphatic rings. The number of nitrogens with zero attached hydrogens (tertiary/aromatic N) is 1. The maximum absolute atomic E-state index is 3.97. The lowest BCUT2D eigenvalue weighted by Gasteiger charge is -2.39. The van der Waals surface area contributed by atoms with E-state index in [1.807, 2.05) is 0 Å². The van der Waals surface area contributed by atoms with E-state index in [1.54, 1.807) is 0 Å². The van der Waals surface area contributed by atoms with E-state index in [0.29, 0.717) is 0 Å². The molecule has 0 saturated heterocycles. The Labute approximate surface area is 83.9 Å². The number of hydrogen-bond acceptors (Lipinski definition) is 1. The van der Waals surface area contributed by atoms with Crippen LogP contribution in [-0.2, 0) is 0 Å². The Morgan fingerprint density at radius 3 is 2.23 bits per heavy atom. The lowest BCUT2D eigenvalue weighted by molar-refractivity contribution is 0.282. The van der Waals surface area contributed by atoms with E-state index >= 15 is 0 Å². The normalized spacial score (nSPS) is 20.6. The lowest BCUT2D eigenvalue weighted by atomic mass is 9.96. The van der Waals surface area contributed by atoms with Crippen molar-refractivity contribution in [2.24, 2.45) is 0 Å². The van der Waals surface area contributed by atoms with Crippen LogP contribution in [0, 0.1) is 0 Å². The van der Waals surface area contributed by atoms with Crippen LogP contribution in [0.15, 0.2) is 12.3 Å². The Bertz CT molecular complexity index is 171. The van der Waals surface area contributed by atoms with Crippen LogP contribution in [0.2, 0.25) is 13.1 Å². The fourth-order valence-corrected chi connectivity index (χ4v) is 3.57. The molecule has 0 aromatic rings. The molecule has 76 valence electrons. The zero-order valence-electron chi connectivity index (χ0n) is 9.34. The van der Waals surface area contributed by atoms with Gasteiger partial charge in [-0.2, -0.15) is 0 Å². The highest BCUT2D eigenvalue weighted by molar-refractivity contribution is 6.79.